The highest BCUT2D eigenvalue weighted by atomic mass is 32.1. The van der Waals surface area contributed by atoms with Crippen molar-refractivity contribution in [2.24, 2.45) is 4.99 Å². The van der Waals surface area contributed by atoms with Gasteiger partial charge in [-0.25, -0.2) is 10.1 Å². The van der Waals surface area contributed by atoms with Crippen molar-refractivity contribution in [1.82, 2.24) is 20.0 Å². The smallest absolute Gasteiger partial charge is 0.281 e. The van der Waals surface area contributed by atoms with Crippen LogP contribution >= 0.6 is 11.3 Å². The first-order valence-corrected chi connectivity index (χ1v) is 10.7. The molecule has 4 heterocycles. The molecule has 2 aliphatic heterocycles. The molecule has 0 radical (unpaired) electrons. The van der Waals surface area contributed by atoms with Crippen LogP contribution in [0.25, 0.3) is 16.3 Å². The summed E-state index contributed by atoms with van der Waals surface area (Å²) in [6, 6.07) is 6.25. The van der Waals surface area contributed by atoms with Gasteiger partial charge in [0.1, 0.15) is 5.01 Å². The first kappa shape index (κ1) is 16.8. The van der Waals surface area contributed by atoms with E-state index >= 15 is 0 Å². The summed E-state index contributed by atoms with van der Waals surface area (Å²) in [7, 11) is 0. The molecular weight excluding hydrogens is 384 g/mol. The Morgan fingerprint density at radius 2 is 2.10 bits per heavy atom. The average molecular weight is 403 g/mol. The van der Waals surface area contributed by atoms with Crippen molar-refractivity contribution < 1.29 is 9.48 Å². The standard InChI is InChI=1S/C21H18N6OS/c28-19-11-23-18(27-12-24-20(25-27)13-4-5-13)10-17-15-2-1-3-16(21-22-7-9-29-21)14(15)6-8-26(17)19/h1-3,7,9-10,12-13H,4-6,8,11H2/p+1. The molecule has 0 unspecified atom stereocenters. The number of amides is 1. The number of carbonyl (C=O) groups is 1. The lowest BCUT2D eigenvalue weighted by molar-refractivity contribution is -0.618. The molecule has 0 saturated heterocycles. The van der Waals surface area contributed by atoms with Gasteiger partial charge in [0.05, 0.1) is 5.70 Å². The van der Waals surface area contributed by atoms with E-state index < -0.39 is 0 Å². The predicted molar refractivity (Wildman–Crippen MR) is 109 cm³/mol. The van der Waals surface area contributed by atoms with Gasteiger partial charge in [0.25, 0.3) is 11.7 Å². The third-order valence-corrected chi connectivity index (χ3v) is 6.50. The molecule has 144 valence electrons. The number of aromatic nitrogens is 4. The summed E-state index contributed by atoms with van der Waals surface area (Å²) in [6.07, 6.45) is 8.77. The van der Waals surface area contributed by atoms with Gasteiger partial charge in [-0.3, -0.25) is 4.79 Å². The van der Waals surface area contributed by atoms with E-state index in [1.165, 1.54) is 18.4 Å². The molecule has 7 nitrogen and oxygen atoms in total. The predicted octanol–water partition coefficient (Wildman–Crippen LogP) is 2.38. The molecule has 3 aliphatic rings. The lowest BCUT2D eigenvalue weighted by atomic mass is 9.92. The van der Waals surface area contributed by atoms with Gasteiger partial charge in [-0.2, -0.15) is 0 Å². The summed E-state index contributed by atoms with van der Waals surface area (Å²) >= 11 is 1.64. The highest BCUT2D eigenvalue weighted by Crippen LogP contribution is 2.38. The molecule has 1 amide bonds. The number of nitrogens with zero attached hydrogens (tertiary/aromatic N) is 5. The minimum Gasteiger partial charge on any atom is -0.308 e. The van der Waals surface area contributed by atoms with Crippen LogP contribution in [0.3, 0.4) is 0 Å². The zero-order chi connectivity index (χ0) is 19.4. The zero-order valence-electron chi connectivity index (χ0n) is 15.7. The Morgan fingerprint density at radius 1 is 1.21 bits per heavy atom. The Bertz CT molecular complexity index is 1170. The van der Waals surface area contributed by atoms with Gasteiger partial charge in [-0.05, 0) is 24.8 Å². The van der Waals surface area contributed by atoms with Gasteiger partial charge in [0, 0.05) is 41.2 Å². The van der Waals surface area contributed by atoms with Crippen LogP contribution in [0.4, 0.5) is 0 Å². The summed E-state index contributed by atoms with van der Waals surface area (Å²) in [4.78, 5) is 28.2. The number of hydrogen-bond acceptors (Lipinski definition) is 5. The number of fused-ring (bicyclic) bond motifs is 3. The Kier molecular flexibility index (Phi) is 3.73. The molecule has 29 heavy (non-hydrogen) atoms. The van der Waals surface area contributed by atoms with Gasteiger partial charge in [-0.1, -0.05) is 23.2 Å². The quantitative estimate of drug-likeness (QED) is 0.668. The van der Waals surface area contributed by atoms with Gasteiger partial charge >= 0.3 is 0 Å². The summed E-state index contributed by atoms with van der Waals surface area (Å²) < 4.78 is 1.83. The Morgan fingerprint density at radius 3 is 2.93 bits per heavy atom. The summed E-state index contributed by atoms with van der Waals surface area (Å²) in [5.74, 6) is 2.26. The number of allylic oxidation sites excluding steroid dienone is 1. The summed E-state index contributed by atoms with van der Waals surface area (Å²) in [5.41, 5.74) is 4.38. The molecule has 0 atom stereocenters. The number of nitrogens with one attached hydrogen (secondary N) is 1. The van der Waals surface area contributed by atoms with E-state index in [1.54, 1.807) is 17.7 Å². The topological polar surface area (TPSA) is 78.1 Å². The van der Waals surface area contributed by atoms with Crippen molar-refractivity contribution in [3.05, 3.63) is 59.1 Å². The lowest BCUT2D eigenvalue weighted by Gasteiger charge is -2.31. The largest absolute Gasteiger partial charge is 0.308 e. The van der Waals surface area contributed by atoms with Crippen LogP contribution in [0, 0.1) is 0 Å². The van der Waals surface area contributed by atoms with E-state index in [-0.39, 0.29) is 12.5 Å². The number of hydrogen-bond donors (Lipinski definition) is 1. The monoisotopic (exact) mass is 403 g/mol. The van der Waals surface area contributed by atoms with Crippen molar-refractivity contribution in [3.63, 3.8) is 0 Å². The Labute approximate surface area is 171 Å². The normalized spacial score (nSPS) is 18.6. The summed E-state index contributed by atoms with van der Waals surface area (Å²) in [5, 5.41) is 6.34. The van der Waals surface area contributed by atoms with E-state index in [2.05, 4.69) is 32.2 Å². The van der Waals surface area contributed by atoms with E-state index in [9.17, 15) is 4.79 Å². The highest BCUT2D eigenvalue weighted by Gasteiger charge is 2.33. The maximum Gasteiger partial charge on any atom is 0.281 e. The van der Waals surface area contributed by atoms with Crippen molar-refractivity contribution >= 4 is 28.8 Å². The number of aliphatic imine (C=N–C) groups is 1. The fraction of sp³-hybridized carbons (Fsp3) is 0.286. The van der Waals surface area contributed by atoms with Crippen LogP contribution in [-0.2, 0) is 11.2 Å². The molecular formula is C21H19N6OS+. The SMILES string of the molecule is O=C1CN=C([n+]2cnc(C3CC3)[nH]2)C=C2c3cccc(-c4nccs4)c3CCN12. The Hall–Kier alpha value is -3.13. The number of thiazole rings is 1. The van der Waals surface area contributed by atoms with E-state index in [4.69, 9.17) is 0 Å². The average Bonchev–Trinajstić information content (AvgIpc) is 3.28. The van der Waals surface area contributed by atoms with Crippen molar-refractivity contribution in [2.45, 2.75) is 25.2 Å². The molecule has 0 spiro atoms. The lowest BCUT2D eigenvalue weighted by Crippen LogP contribution is -2.43. The third-order valence-electron chi connectivity index (χ3n) is 5.69. The second kappa shape index (κ2) is 6.45. The number of benzene rings is 1. The van der Waals surface area contributed by atoms with E-state index in [0.29, 0.717) is 18.3 Å². The van der Waals surface area contributed by atoms with Gasteiger partial charge in [0.2, 0.25) is 12.2 Å². The second-order valence-corrected chi connectivity index (χ2v) is 8.45. The van der Waals surface area contributed by atoms with Crippen LogP contribution in [0.5, 0.6) is 0 Å². The van der Waals surface area contributed by atoms with Crippen LogP contribution in [-0.4, -0.2) is 44.8 Å². The number of H-pyrrole nitrogens is 1. The van der Waals surface area contributed by atoms with Crippen LogP contribution in [0.2, 0.25) is 0 Å². The van der Waals surface area contributed by atoms with E-state index in [1.807, 2.05) is 33.3 Å². The third kappa shape index (κ3) is 2.82. The highest BCUT2D eigenvalue weighted by molar-refractivity contribution is 7.13. The van der Waals surface area contributed by atoms with Crippen molar-refractivity contribution in [3.8, 4) is 10.6 Å². The molecule has 6 rings (SSSR count). The minimum absolute atomic E-state index is 0.0269. The molecule has 1 N–H and O–H groups in total. The van der Waals surface area contributed by atoms with Crippen molar-refractivity contribution in [2.75, 3.05) is 13.1 Å². The van der Waals surface area contributed by atoms with Crippen LogP contribution in [0.1, 0.15) is 35.7 Å². The fourth-order valence-corrected chi connectivity index (χ4v) is 4.77. The molecule has 1 saturated carbocycles. The Balaban J connectivity index is 1.47. The molecule has 1 aromatic carbocycles. The number of carbonyl (C=O) groups excluding carboxylic acids is 1. The molecule has 8 heteroatoms. The van der Waals surface area contributed by atoms with Gasteiger partial charge < -0.3 is 4.90 Å². The first-order valence-electron chi connectivity index (χ1n) is 9.83. The molecule has 0 bridgehead atoms. The van der Waals surface area contributed by atoms with Crippen LogP contribution in [0.15, 0.2) is 47.2 Å². The molecule has 1 fully saturated rings. The number of rotatable bonds is 2. The fourth-order valence-electron chi connectivity index (χ4n) is 4.08. The molecule has 3 aromatic rings. The maximum atomic E-state index is 12.8. The van der Waals surface area contributed by atoms with Crippen molar-refractivity contribution in [1.29, 1.82) is 0 Å². The summed E-state index contributed by atoms with van der Waals surface area (Å²) in [6.45, 7) is 0.797. The second-order valence-electron chi connectivity index (χ2n) is 7.55. The van der Waals surface area contributed by atoms with E-state index in [0.717, 1.165) is 34.1 Å². The maximum absolute atomic E-state index is 12.8. The van der Waals surface area contributed by atoms with Crippen LogP contribution < -0.4 is 4.68 Å². The number of aromatic amines is 1. The van der Waals surface area contributed by atoms with Gasteiger partial charge in [0.15, 0.2) is 6.54 Å². The molecule has 2 aromatic heterocycles. The minimum atomic E-state index is 0.0269. The zero-order valence-corrected chi connectivity index (χ0v) is 16.5. The van der Waals surface area contributed by atoms with Gasteiger partial charge in [-0.15, -0.1) is 21.0 Å². The first-order chi connectivity index (χ1) is 14.3. The molecule has 1 aliphatic carbocycles.